The number of hydrogen-bond acceptors (Lipinski definition) is 4. The van der Waals surface area contributed by atoms with E-state index in [4.69, 9.17) is 14.1 Å². The molecule has 0 aromatic carbocycles. The van der Waals surface area contributed by atoms with Gasteiger partial charge in [0, 0.05) is 19.0 Å². The van der Waals surface area contributed by atoms with E-state index >= 15 is 0 Å². The van der Waals surface area contributed by atoms with Crippen molar-refractivity contribution in [2.75, 3.05) is 19.0 Å². The molecule has 0 radical (unpaired) electrons. The van der Waals surface area contributed by atoms with Crippen molar-refractivity contribution >= 4 is 20.3 Å². The highest BCUT2D eigenvalue weighted by Crippen LogP contribution is 2.18. The van der Waals surface area contributed by atoms with E-state index in [0.717, 1.165) is 31.4 Å². The van der Waals surface area contributed by atoms with Crippen LogP contribution < -0.4 is 0 Å². The molecule has 0 aliphatic heterocycles. The molecule has 0 N–H and O–H groups in total. The molecule has 0 atom stereocenters. The van der Waals surface area contributed by atoms with Crippen LogP contribution in [-0.2, 0) is 8.85 Å². The van der Waals surface area contributed by atoms with Crippen LogP contribution in [0.3, 0.4) is 0 Å². The molecule has 0 rings (SSSR count). The molecule has 0 spiro atoms. The fourth-order valence-corrected chi connectivity index (χ4v) is 4.74. The van der Waals surface area contributed by atoms with Gasteiger partial charge in [0.05, 0.1) is 0 Å². The predicted molar refractivity (Wildman–Crippen MR) is 76.2 cm³/mol. The Kier molecular flexibility index (Phi) is 11.1. The van der Waals surface area contributed by atoms with Gasteiger partial charge in [0.15, 0.2) is 0 Å². The zero-order valence-corrected chi connectivity index (χ0v) is 13.1. The van der Waals surface area contributed by atoms with Gasteiger partial charge in [-0.2, -0.15) is 5.26 Å². The Morgan fingerprint density at radius 3 is 2.18 bits per heavy atom. The van der Waals surface area contributed by atoms with Crippen molar-refractivity contribution in [3.05, 3.63) is 0 Å². The lowest BCUT2D eigenvalue weighted by atomic mass is 10.2. The van der Waals surface area contributed by atoms with Crippen molar-refractivity contribution in [2.24, 2.45) is 0 Å². The summed E-state index contributed by atoms with van der Waals surface area (Å²) in [5.74, 6) is 0.960. The number of unbranched alkanes of at least 4 members (excludes halogenated alkanes) is 3. The van der Waals surface area contributed by atoms with Crippen molar-refractivity contribution in [1.82, 2.24) is 0 Å². The summed E-state index contributed by atoms with van der Waals surface area (Å²) >= 11 is 1.35. The van der Waals surface area contributed by atoms with E-state index in [2.05, 4.69) is 11.9 Å². The highest BCUT2D eigenvalue weighted by molar-refractivity contribution is 8.03. The van der Waals surface area contributed by atoms with Crippen molar-refractivity contribution in [2.45, 2.75) is 52.1 Å². The molecule has 0 unspecified atom stereocenters. The fraction of sp³-hybridized carbons (Fsp3) is 0.917. The first-order valence-corrected chi connectivity index (χ1v) is 9.98. The predicted octanol–water partition coefficient (Wildman–Crippen LogP) is 3.91. The van der Waals surface area contributed by atoms with E-state index in [1.807, 2.05) is 13.8 Å². The van der Waals surface area contributed by atoms with Crippen LogP contribution in [0.1, 0.15) is 39.5 Å². The third kappa shape index (κ3) is 9.66. The molecule has 0 aromatic rings. The van der Waals surface area contributed by atoms with Crippen molar-refractivity contribution in [3.8, 4) is 5.40 Å². The van der Waals surface area contributed by atoms with Crippen LogP contribution in [0.4, 0.5) is 0 Å². The zero-order chi connectivity index (χ0) is 13.0. The SMILES string of the molecule is CCO[Si](C)(CCCCCCSC#N)OCC. The van der Waals surface area contributed by atoms with Crippen LogP contribution in [0.2, 0.25) is 12.6 Å². The van der Waals surface area contributed by atoms with E-state index in [0.29, 0.717) is 0 Å². The van der Waals surface area contributed by atoms with Gasteiger partial charge in [0.1, 0.15) is 5.40 Å². The number of nitriles is 1. The van der Waals surface area contributed by atoms with Gasteiger partial charge < -0.3 is 8.85 Å². The van der Waals surface area contributed by atoms with Gasteiger partial charge in [0.25, 0.3) is 0 Å². The van der Waals surface area contributed by atoms with Gasteiger partial charge in [-0.1, -0.05) is 19.3 Å². The minimum Gasteiger partial charge on any atom is -0.395 e. The first-order valence-electron chi connectivity index (χ1n) is 6.47. The number of nitrogens with zero attached hydrogens (tertiary/aromatic N) is 1. The average Bonchev–Trinajstić information content (AvgIpc) is 2.28. The Morgan fingerprint density at radius 1 is 1.06 bits per heavy atom. The average molecular weight is 275 g/mol. The Morgan fingerprint density at radius 2 is 1.65 bits per heavy atom. The second-order valence-corrected chi connectivity index (χ2v) is 8.33. The third-order valence-corrected chi connectivity index (χ3v) is 6.27. The molecular formula is C12H25NO2SSi. The summed E-state index contributed by atoms with van der Waals surface area (Å²) in [6.45, 7) is 7.72. The van der Waals surface area contributed by atoms with Crippen molar-refractivity contribution in [1.29, 1.82) is 5.26 Å². The van der Waals surface area contributed by atoms with Crippen LogP contribution in [0.15, 0.2) is 0 Å². The van der Waals surface area contributed by atoms with Crippen LogP contribution in [0.25, 0.3) is 0 Å². The van der Waals surface area contributed by atoms with Gasteiger partial charge in [0.2, 0.25) is 0 Å². The Hall–Kier alpha value is -0.0231. The number of hydrogen-bond donors (Lipinski definition) is 0. The van der Waals surface area contributed by atoms with E-state index in [1.54, 1.807) is 0 Å². The van der Waals surface area contributed by atoms with Gasteiger partial charge in [-0.15, -0.1) is 0 Å². The second kappa shape index (κ2) is 11.1. The van der Waals surface area contributed by atoms with Crippen LogP contribution in [0, 0.1) is 10.7 Å². The number of thioether (sulfide) groups is 1. The molecular weight excluding hydrogens is 250 g/mol. The maximum absolute atomic E-state index is 8.38. The summed E-state index contributed by atoms with van der Waals surface area (Å²) in [5, 5.41) is 10.5. The molecule has 0 aromatic heterocycles. The zero-order valence-electron chi connectivity index (χ0n) is 11.3. The van der Waals surface area contributed by atoms with E-state index in [9.17, 15) is 0 Å². The summed E-state index contributed by atoms with van der Waals surface area (Å²) in [5.41, 5.74) is 0. The summed E-state index contributed by atoms with van der Waals surface area (Å²) < 4.78 is 11.6. The lowest BCUT2D eigenvalue weighted by molar-refractivity contribution is 0.188. The molecule has 0 bridgehead atoms. The maximum Gasteiger partial charge on any atom is 0.334 e. The quantitative estimate of drug-likeness (QED) is 0.326. The molecule has 0 amide bonds. The van der Waals surface area contributed by atoms with Gasteiger partial charge in [-0.25, -0.2) is 0 Å². The molecule has 0 heterocycles. The normalized spacial score (nSPS) is 11.4. The Bertz CT molecular complexity index is 215. The maximum atomic E-state index is 8.38. The molecule has 0 fully saturated rings. The smallest absolute Gasteiger partial charge is 0.334 e. The lowest BCUT2D eigenvalue weighted by Gasteiger charge is -2.25. The fourth-order valence-electron chi connectivity index (χ4n) is 1.82. The topological polar surface area (TPSA) is 42.2 Å². The highest BCUT2D eigenvalue weighted by atomic mass is 32.2. The molecule has 0 saturated heterocycles. The molecule has 0 aliphatic carbocycles. The van der Waals surface area contributed by atoms with Crippen LogP contribution in [-0.4, -0.2) is 27.5 Å². The third-order valence-electron chi connectivity index (χ3n) is 2.59. The summed E-state index contributed by atoms with van der Waals surface area (Å²) in [4.78, 5) is 0. The second-order valence-electron chi connectivity index (χ2n) is 4.10. The minimum absolute atomic E-state index is 0.752. The standard InChI is InChI=1S/C12H25NO2SSi/c1-4-14-17(3,15-5-2)11-9-7-6-8-10-16-12-13/h4-11H2,1-3H3. The first kappa shape index (κ1) is 17.0. The lowest BCUT2D eigenvalue weighted by Crippen LogP contribution is -2.38. The molecule has 0 saturated carbocycles. The molecule has 5 heteroatoms. The molecule has 100 valence electrons. The highest BCUT2D eigenvalue weighted by Gasteiger charge is 2.29. The monoisotopic (exact) mass is 275 g/mol. The minimum atomic E-state index is -1.88. The van der Waals surface area contributed by atoms with E-state index in [-0.39, 0.29) is 0 Å². The molecule has 17 heavy (non-hydrogen) atoms. The summed E-state index contributed by atoms with van der Waals surface area (Å²) in [6.07, 6.45) is 4.74. The van der Waals surface area contributed by atoms with Gasteiger partial charge >= 0.3 is 8.56 Å². The van der Waals surface area contributed by atoms with Gasteiger partial charge in [-0.3, -0.25) is 0 Å². The Labute approximate surface area is 111 Å². The first-order chi connectivity index (χ1) is 8.18. The van der Waals surface area contributed by atoms with E-state index < -0.39 is 8.56 Å². The van der Waals surface area contributed by atoms with Crippen LogP contribution in [0.5, 0.6) is 0 Å². The van der Waals surface area contributed by atoms with Crippen molar-refractivity contribution in [3.63, 3.8) is 0 Å². The largest absolute Gasteiger partial charge is 0.395 e. The Balaban J connectivity index is 3.58. The summed E-state index contributed by atoms with van der Waals surface area (Å²) in [6, 6.07) is 1.08. The molecule has 0 aliphatic rings. The van der Waals surface area contributed by atoms with Crippen molar-refractivity contribution < 1.29 is 8.85 Å². The number of rotatable bonds is 11. The van der Waals surface area contributed by atoms with Crippen LogP contribution >= 0.6 is 11.8 Å². The van der Waals surface area contributed by atoms with E-state index in [1.165, 1.54) is 31.0 Å². The summed E-state index contributed by atoms with van der Waals surface area (Å²) in [7, 11) is -1.88. The van der Waals surface area contributed by atoms with Gasteiger partial charge in [-0.05, 0) is 44.6 Å². The molecule has 3 nitrogen and oxygen atoms in total. The number of thiocyanates is 1.